The first kappa shape index (κ1) is 12.6. The lowest BCUT2D eigenvalue weighted by Gasteiger charge is -2.16. The Morgan fingerprint density at radius 2 is 2.05 bits per heavy atom. The Balaban J connectivity index is 1.65. The van der Waals surface area contributed by atoms with E-state index in [4.69, 9.17) is 11.6 Å². The normalized spacial score (nSPS) is 19.7. The third-order valence-corrected chi connectivity index (χ3v) is 4.13. The van der Waals surface area contributed by atoms with Gasteiger partial charge in [0.2, 0.25) is 0 Å². The molecule has 3 heteroatoms. The van der Waals surface area contributed by atoms with Crippen molar-refractivity contribution < 1.29 is 0 Å². The molecule has 98 valence electrons. The number of hydrogen-bond acceptors (Lipinski definition) is 2. The van der Waals surface area contributed by atoms with E-state index in [1.165, 1.54) is 17.5 Å². The van der Waals surface area contributed by atoms with Gasteiger partial charge < -0.3 is 0 Å². The molecular weight excluding hydrogens is 256 g/mol. The van der Waals surface area contributed by atoms with Crippen molar-refractivity contribution in [2.75, 3.05) is 13.1 Å². The first-order valence-corrected chi connectivity index (χ1v) is 7.06. The highest BCUT2D eigenvalue weighted by atomic mass is 35.5. The zero-order valence-electron chi connectivity index (χ0n) is 10.8. The second kappa shape index (κ2) is 5.72. The molecule has 1 atom stereocenters. The fourth-order valence-electron chi connectivity index (χ4n) is 2.75. The number of likely N-dealkylation sites (tertiary alicyclic amines) is 1. The van der Waals surface area contributed by atoms with Crippen LogP contribution in [-0.4, -0.2) is 23.0 Å². The molecule has 2 nitrogen and oxygen atoms in total. The Kier molecular flexibility index (Phi) is 3.81. The van der Waals surface area contributed by atoms with Crippen molar-refractivity contribution in [3.8, 4) is 0 Å². The molecule has 0 N–H and O–H groups in total. The van der Waals surface area contributed by atoms with Gasteiger partial charge in [-0.3, -0.25) is 9.88 Å². The van der Waals surface area contributed by atoms with Crippen LogP contribution < -0.4 is 0 Å². The minimum Gasteiger partial charge on any atom is -0.298 e. The van der Waals surface area contributed by atoms with Crippen molar-refractivity contribution in [3.05, 3.63) is 64.9 Å². The monoisotopic (exact) mass is 272 g/mol. The van der Waals surface area contributed by atoms with Gasteiger partial charge in [0, 0.05) is 25.5 Å². The van der Waals surface area contributed by atoms with E-state index >= 15 is 0 Å². The van der Waals surface area contributed by atoms with Crippen molar-refractivity contribution >= 4 is 11.6 Å². The highest BCUT2D eigenvalue weighted by Gasteiger charge is 2.23. The SMILES string of the molecule is Clc1cnccc1CN1CCC(c2ccccc2)C1. The number of halogens is 1. The summed E-state index contributed by atoms with van der Waals surface area (Å²) in [5.74, 6) is 0.654. The summed E-state index contributed by atoms with van der Waals surface area (Å²) in [5, 5.41) is 0.769. The van der Waals surface area contributed by atoms with E-state index in [0.717, 1.165) is 24.7 Å². The van der Waals surface area contributed by atoms with Gasteiger partial charge in [0.1, 0.15) is 0 Å². The molecule has 0 radical (unpaired) electrons. The molecule has 0 aliphatic carbocycles. The van der Waals surface area contributed by atoms with Gasteiger partial charge in [-0.15, -0.1) is 0 Å². The predicted octanol–water partition coefficient (Wildman–Crippen LogP) is 3.72. The molecule has 2 heterocycles. The van der Waals surface area contributed by atoms with Crippen LogP contribution in [0.4, 0.5) is 0 Å². The lowest BCUT2D eigenvalue weighted by Crippen LogP contribution is -2.20. The van der Waals surface area contributed by atoms with Crippen molar-refractivity contribution in [2.45, 2.75) is 18.9 Å². The quantitative estimate of drug-likeness (QED) is 0.846. The summed E-state index contributed by atoms with van der Waals surface area (Å²) in [4.78, 5) is 6.50. The van der Waals surface area contributed by atoms with E-state index in [-0.39, 0.29) is 0 Å². The smallest absolute Gasteiger partial charge is 0.0634 e. The minimum absolute atomic E-state index is 0.654. The molecule has 1 unspecified atom stereocenters. The van der Waals surface area contributed by atoms with Gasteiger partial charge in [-0.1, -0.05) is 41.9 Å². The zero-order valence-corrected chi connectivity index (χ0v) is 11.6. The standard InChI is InChI=1S/C16H17ClN2/c17-16-10-18-8-6-15(16)12-19-9-7-14(11-19)13-4-2-1-3-5-13/h1-6,8,10,14H,7,9,11-12H2. The fraction of sp³-hybridized carbons (Fsp3) is 0.312. The summed E-state index contributed by atoms with van der Waals surface area (Å²) < 4.78 is 0. The summed E-state index contributed by atoms with van der Waals surface area (Å²) in [5.41, 5.74) is 2.62. The number of benzene rings is 1. The minimum atomic E-state index is 0.654. The summed E-state index contributed by atoms with van der Waals surface area (Å²) in [6.45, 7) is 3.17. The van der Waals surface area contributed by atoms with Crippen molar-refractivity contribution in [1.29, 1.82) is 0 Å². The topological polar surface area (TPSA) is 16.1 Å². The molecule has 0 saturated carbocycles. The molecule has 0 spiro atoms. The number of aromatic nitrogens is 1. The number of pyridine rings is 1. The van der Waals surface area contributed by atoms with Crippen LogP contribution in [-0.2, 0) is 6.54 Å². The average molecular weight is 273 g/mol. The number of nitrogens with zero attached hydrogens (tertiary/aromatic N) is 2. The van der Waals surface area contributed by atoms with Crippen LogP contribution in [0.2, 0.25) is 5.02 Å². The average Bonchev–Trinajstić information content (AvgIpc) is 2.91. The Morgan fingerprint density at radius 3 is 2.84 bits per heavy atom. The zero-order chi connectivity index (χ0) is 13.1. The molecule has 19 heavy (non-hydrogen) atoms. The molecule has 3 rings (SSSR count). The highest BCUT2D eigenvalue weighted by molar-refractivity contribution is 6.31. The largest absolute Gasteiger partial charge is 0.298 e. The molecule has 1 aliphatic rings. The maximum atomic E-state index is 6.17. The third-order valence-electron chi connectivity index (χ3n) is 3.79. The van der Waals surface area contributed by atoms with Gasteiger partial charge in [-0.25, -0.2) is 0 Å². The van der Waals surface area contributed by atoms with Crippen LogP contribution in [0.15, 0.2) is 48.8 Å². The van der Waals surface area contributed by atoms with E-state index in [0.29, 0.717) is 5.92 Å². The van der Waals surface area contributed by atoms with Crippen molar-refractivity contribution in [1.82, 2.24) is 9.88 Å². The van der Waals surface area contributed by atoms with Crippen LogP contribution in [0, 0.1) is 0 Å². The molecule has 2 aromatic rings. The maximum absolute atomic E-state index is 6.17. The summed E-state index contributed by atoms with van der Waals surface area (Å²) in [6, 6.07) is 12.8. The summed E-state index contributed by atoms with van der Waals surface area (Å²) in [7, 11) is 0. The second-order valence-corrected chi connectivity index (χ2v) is 5.51. The Bertz CT molecular complexity index is 541. The van der Waals surface area contributed by atoms with E-state index < -0.39 is 0 Å². The first-order chi connectivity index (χ1) is 9.33. The molecule has 0 bridgehead atoms. The van der Waals surface area contributed by atoms with Crippen LogP contribution in [0.5, 0.6) is 0 Å². The van der Waals surface area contributed by atoms with E-state index in [9.17, 15) is 0 Å². The van der Waals surface area contributed by atoms with Gasteiger partial charge in [-0.05, 0) is 36.1 Å². The fourth-order valence-corrected chi connectivity index (χ4v) is 2.93. The van der Waals surface area contributed by atoms with Crippen molar-refractivity contribution in [3.63, 3.8) is 0 Å². The second-order valence-electron chi connectivity index (χ2n) is 5.10. The third kappa shape index (κ3) is 2.96. The van der Waals surface area contributed by atoms with Gasteiger partial charge in [0.05, 0.1) is 5.02 Å². The van der Waals surface area contributed by atoms with Crippen molar-refractivity contribution in [2.24, 2.45) is 0 Å². The predicted molar refractivity (Wildman–Crippen MR) is 78.3 cm³/mol. The lowest BCUT2D eigenvalue weighted by atomic mass is 9.99. The van der Waals surface area contributed by atoms with Crippen LogP contribution >= 0.6 is 11.6 Å². The van der Waals surface area contributed by atoms with Crippen LogP contribution in [0.3, 0.4) is 0 Å². The first-order valence-electron chi connectivity index (χ1n) is 6.68. The van der Waals surface area contributed by atoms with Crippen LogP contribution in [0.25, 0.3) is 0 Å². The van der Waals surface area contributed by atoms with Gasteiger partial charge in [0.15, 0.2) is 0 Å². The van der Waals surface area contributed by atoms with E-state index in [2.05, 4.69) is 40.2 Å². The maximum Gasteiger partial charge on any atom is 0.0634 e. The van der Waals surface area contributed by atoms with Crippen LogP contribution in [0.1, 0.15) is 23.5 Å². The Labute approximate surface area is 119 Å². The van der Waals surface area contributed by atoms with E-state index in [1.807, 2.05) is 12.3 Å². The lowest BCUT2D eigenvalue weighted by molar-refractivity contribution is 0.327. The molecule has 1 fully saturated rings. The molecule has 1 aliphatic heterocycles. The highest BCUT2D eigenvalue weighted by Crippen LogP contribution is 2.28. The number of rotatable bonds is 3. The summed E-state index contributed by atoms with van der Waals surface area (Å²) >= 11 is 6.17. The van der Waals surface area contributed by atoms with E-state index in [1.54, 1.807) is 6.20 Å². The van der Waals surface area contributed by atoms with Gasteiger partial charge >= 0.3 is 0 Å². The molecule has 0 amide bonds. The molecular formula is C16H17ClN2. The molecule has 1 aromatic carbocycles. The van der Waals surface area contributed by atoms with Gasteiger partial charge in [-0.2, -0.15) is 0 Å². The molecule has 1 aromatic heterocycles. The Morgan fingerprint density at radius 1 is 1.21 bits per heavy atom. The number of hydrogen-bond donors (Lipinski definition) is 0. The summed E-state index contributed by atoms with van der Waals surface area (Å²) in [6.07, 6.45) is 4.76. The Hall–Kier alpha value is -1.38. The van der Waals surface area contributed by atoms with Gasteiger partial charge in [0.25, 0.3) is 0 Å². The molecule has 1 saturated heterocycles.